The lowest BCUT2D eigenvalue weighted by molar-refractivity contribution is 0.0155. The minimum absolute atomic E-state index is 0.0619. The maximum Gasteiger partial charge on any atom is 0.296 e. The highest BCUT2D eigenvalue weighted by Gasteiger charge is 2.36. The van der Waals surface area contributed by atoms with Crippen LogP contribution < -0.4 is 4.74 Å². The van der Waals surface area contributed by atoms with E-state index in [1.807, 2.05) is 54.9 Å². The van der Waals surface area contributed by atoms with Crippen LogP contribution in [0.25, 0.3) is 39.4 Å². The second-order valence-corrected chi connectivity index (χ2v) is 9.24. The molecule has 3 atom stereocenters. The SMILES string of the molecule is OC[C@H]1CC[C@@H](Oc2nc3nc(-c4ccc(-c5ccc(-n6cccn6)nc5)cc4)c(Cl)cc3[nH]2)[C@@H]1O. The van der Waals surface area contributed by atoms with Gasteiger partial charge in [-0.3, -0.25) is 0 Å². The first-order chi connectivity index (χ1) is 17.6. The molecule has 10 heteroatoms. The lowest BCUT2D eigenvalue weighted by Gasteiger charge is -2.17. The molecule has 6 rings (SSSR count). The van der Waals surface area contributed by atoms with Crippen molar-refractivity contribution in [1.82, 2.24) is 29.7 Å². The molecule has 1 aliphatic rings. The third kappa shape index (κ3) is 4.21. The molecule has 0 aliphatic heterocycles. The smallest absolute Gasteiger partial charge is 0.296 e. The van der Waals surface area contributed by atoms with Crippen molar-refractivity contribution in [2.45, 2.75) is 25.0 Å². The normalized spacial score (nSPS) is 19.7. The van der Waals surface area contributed by atoms with Crippen LogP contribution in [-0.2, 0) is 0 Å². The van der Waals surface area contributed by atoms with Crippen LogP contribution in [0.2, 0.25) is 5.02 Å². The number of hydrogen-bond acceptors (Lipinski definition) is 7. The Morgan fingerprint density at radius 3 is 2.56 bits per heavy atom. The van der Waals surface area contributed by atoms with Crippen molar-refractivity contribution in [3.63, 3.8) is 0 Å². The fourth-order valence-corrected chi connectivity index (χ4v) is 4.83. The van der Waals surface area contributed by atoms with Gasteiger partial charge in [-0.05, 0) is 42.7 Å². The van der Waals surface area contributed by atoms with Gasteiger partial charge in [-0.2, -0.15) is 10.1 Å². The summed E-state index contributed by atoms with van der Waals surface area (Å²) < 4.78 is 7.58. The van der Waals surface area contributed by atoms with Crippen LogP contribution in [0.4, 0.5) is 0 Å². The number of nitrogens with zero attached hydrogens (tertiary/aromatic N) is 5. The molecule has 1 aromatic carbocycles. The maximum absolute atomic E-state index is 10.3. The van der Waals surface area contributed by atoms with E-state index >= 15 is 0 Å². The highest BCUT2D eigenvalue weighted by atomic mass is 35.5. The zero-order valence-electron chi connectivity index (χ0n) is 19.1. The van der Waals surface area contributed by atoms with Crippen molar-refractivity contribution in [2.24, 2.45) is 5.92 Å². The van der Waals surface area contributed by atoms with Gasteiger partial charge >= 0.3 is 0 Å². The standard InChI is InChI=1S/C26H23ClN6O3/c27-19-12-20-25(32-26(30-20)36-21-8-6-18(14-34)24(21)35)31-23(19)16-4-2-15(3-5-16)17-7-9-22(28-13-17)33-11-1-10-29-33/h1-5,7,9-13,18,21,24,34-35H,6,8,14H2,(H,30,31,32)/t18-,21-,24-/m1/s1. The molecule has 3 N–H and O–H groups in total. The number of ether oxygens (including phenoxy) is 1. The van der Waals surface area contributed by atoms with E-state index in [9.17, 15) is 10.2 Å². The molecule has 4 heterocycles. The van der Waals surface area contributed by atoms with Gasteiger partial charge in [0, 0.05) is 42.2 Å². The first-order valence-corrected chi connectivity index (χ1v) is 12.1. The van der Waals surface area contributed by atoms with Crippen LogP contribution >= 0.6 is 11.6 Å². The van der Waals surface area contributed by atoms with Crippen molar-refractivity contribution in [2.75, 3.05) is 6.61 Å². The molecule has 9 nitrogen and oxygen atoms in total. The van der Waals surface area contributed by atoms with Crippen LogP contribution in [0, 0.1) is 5.92 Å². The van der Waals surface area contributed by atoms with Gasteiger partial charge in [0.05, 0.1) is 22.3 Å². The number of pyridine rings is 2. The molecule has 0 amide bonds. The number of nitrogens with one attached hydrogen (secondary N) is 1. The number of rotatable bonds is 6. The summed E-state index contributed by atoms with van der Waals surface area (Å²) in [6.07, 6.45) is 5.59. The van der Waals surface area contributed by atoms with Gasteiger partial charge in [0.15, 0.2) is 11.5 Å². The van der Waals surface area contributed by atoms with E-state index in [1.165, 1.54) is 0 Å². The third-order valence-electron chi connectivity index (χ3n) is 6.57. The predicted molar refractivity (Wildman–Crippen MR) is 135 cm³/mol. The minimum Gasteiger partial charge on any atom is -0.459 e. The molecule has 0 radical (unpaired) electrons. The Balaban J connectivity index is 1.22. The summed E-state index contributed by atoms with van der Waals surface area (Å²) in [4.78, 5) is 16.7. The first-order valence-electron chi connectivity index (χ1n) is 11.7. The number of aliphatic hydroxyl groups is 2. The number of halogens is 1. The molecule has 4 aromatic heterocycles. The quantitative estimate of drug-likeness (QED) is 0.320. The Kier molecular flexibility index (Phi) is 5.88. The van der Waals surface area contributed by atoms with Crippen molar-refractivity contribution in [1.29, 1.82) is 0 Å². The van der Waals surface area contributed by atoms with Crippen LogP contribution in [0.3, 0.4) is 0 Å². The van der Waals surface area contributed by atoms with Crippen molar-refractivity contribution in [3.8, 4) is 34.2 Å². The molecule has 0 spiro atoms. The Morgan fingerprint density at radius 2 is 1.86 bits per heavy atom. The second-order valence-electron chi connectivity index (χ2n) is 8.83. The lowest BCUT2D eigenvalue weighted by atomic mass is 10.0. The summed E-state index contributed by atoms with van der Waals surface area (Å²) in [5.41, 5.74) is 4.58. The van der Waals surface area contributed by atoms with Gasteiger partial charge in [0.2, 0.25) is 0 Å². The van der Waals surface area contributed by atoms with Gasteiger partial charge in [-0.15, -0.1) is 0 Å². The van der Waals surface area contributed by atoms with E-state index in [0.717, 1.165) is 22.5 Å². The zero-order valence-corrected chi connectivity index (χ0v) is 19.9. The number of imidazole rings is 1. The van der Waals surface area contributed by atoms with E-state index < -0.39 is 12.2 Å². The number of fused-ring (bicyclic) bond motifs is 1. The summed E-state index contributed by atoms with van der Waals surface area (Å²) in [5, 5.41) is 24.4. The summed E-state index contributed by atoms with van der Waals surface area (Å²) in [7, 11) is 0. The zero-order chi connectivity index (χ0) is 24.6. The molecule has 0 unspecified atom stereocenters. The number of benzene rings is 1. The van der Waals surface area contributed by atoms with E-state index in [1.54, 1.807) is 16.9 Å². The van der Waals surface area contributed by atoms with E-state index in [-0.39, 0.29) is 18.5 Å². The van der Waals surface area contributed by atoms with Crippen LogP contribution in [0.15, 0.2) is 67.1 Å². The Bertz CT molecular complexity index is 1490. The van der Waals surface area contributed by atoms with Gasteiger partial charge in [-0.25, -0.2) is 14.6 Å². The first kappa shape index (κ1) is 22.7. The van der Waals surface area contributed by atoms with Crippen LogP contribution in [0.5, 0.6) is 6.01 Å². The summed E-state index contributed by atoms with van der Waals surface area (Å²) >= 11 is 6.56. The third-order valence-corrected chi connectivity index (χ3v) is 6.86. The molecular formula is C26H23ClN6O3. The fraction of sp³-hybridized carbons (Fsp3) is 0.231. The second kappa shape index (κ2) is 9.34. The van der Waals surface area contributed by atoms with Crippen molar-refractivity contribution < 1.29 is 14.9 Å². The Hall–Kier alpha value is -3.79. The van der Waals surface area contributed by atoms with Crippen molar-refractivity contribution >= 4 is 22.8 Å². The highest BCUT2D eigenvalue weighted by molar-refractivity contribution is 6.33. The van der Waals surface area contributed by atoms with E-state index in [4.69, 9.17) is 16.3 Å². The van der Waals surface area contributed by atoms with Crippen molar-refractivity contribution in [3.05, 3.63) is 72.1 Å². The fourth-order valence-electron chi connectivity index (χ4n) is 4.57. The molecule has 5 aromatic rings. The topological polar surface area (TPSA) is 122 Å². The van der Waals surface area contributed by atoms with Gasteiger partial charge in [-0.1, -0.05) is 35.9 Å². The highest BCUT2D eigenvalue weighted by Crippen LogP contribution is 2.33. The lowest BCUT2D eigenvalue weighted by Crippen LogP contribution is -2.31. The summed E-state index contributed by atoms with van der Waals surface area (Å²) in [6.45, 7) is -0.0619. The average molecular weight is 503 g/mol. The number of aromatic nitrogens is 6. The summed E-state index contributed by atoms with van der Waals surface area (Å²) in [5.74, 6) is 0.578. The van der Waals surface area contributed by atoms with E-state index in [2.05, 4.69) is 25.0 Å². The molecule has 1 fully saturated rings. The maximum atomic E-state index is 10.3. The van der Waals surface area contributed by atoms with Gasteiger partial charge in [0.1, 0.15) is 6.10 Å². The minimum atomic E-state index is -0.731. The Labute approximate surface area is 211 Å². The number of H-pyrrole nitrogens is 1. The molecule has 0 saturated heterocycles. The molecule has 182 valence electrons. The summed E-state index contributed by atoms with van der Waals surface area (Å²) in [6, 6.07) is 15.8. The van der Waals surface area contributed by atoms with Crippen LogP contribution in [-0.4, -0.2) is 58.7 Å². The molecule has 1 aliphatic carbocycles. The predicted octanol–water partition coefficient (Wildman–Crippen LogP) is 4.04. The van der Waals surface area contributed by atoms with E-state index in [0.29, 0.717) is 34.7 Å². The Morgan fingerprint density at radius 1 is 1.06 bits per heavy atom. The molecule has 36 heavy (non-hydrogen) atoms. The largest absolute Gasteiger partial charge is 0.459 e. The number of aliphatic hydroxyl groups excluding tert-OH is 2. The molecular weight excluding hydrogens is 480 g/mol. The molecule has 1 saturated carbocycles. The number of aromatic amines is 1. The average Bonchev–Trinajstić information content (AvgIpc) is 3.65. The molecule has 0 bridgehead atoms. The monoisotopic (exact) mass is 502 g/mol. The number of hydrogen-bond donors (Lipinski definition) is 3. The van der Waals surface area contributed by atoms with Gasteiger partial charge < -0.3 is 19.9 Å². The van der Waals surface area contributed by atoms with Gasteiger partial charge in [0.25, 0.3) is 6.01 Å². The van der Waals surface area contributed by atoms with Crippen LogP contribution in [0.1, 0.15) is 12.8 Å².